The van der Waals surface area contributed by atoms with Crippen LogP contribution >= 0.6 is 0 Å². The van der Waals surface area contributed by atoms with Gasteiger partial charge in [0, 0.05) is 25.2 Å². The van der Waals surface area contributed by atoms with Crippen molar-refractivity contribution >= 4 is 0 Å². The van der Waals surface area contributed by atoms with Crippen LogP contribution in [0, 0.1) is 0 Å². The molecule has 1 saturated heterocycles. The number of hydrogen-bond acceptors (Lipinski definition) is 6. The van der Waals surface area contributed by atoms with Crippen LogP contribution in [-0.2, 0) is 18.8 Å². The highest BCUT2D eigenvalue weighted by Gasteiger charge is 2.44. The van der Waals surface area contributed by atoms with Crippen LogP contribution in [-0.4, -0.2) is 44.2 Å². The standard InChI is InChI=1S/C11H15N5O5/c1-15-3-5(10(19)16(2)11(15)20)9-7(13-14-12)8(18)6(4-17)21-9/h3,6-9,17-18H,4H2,1-2H3/t6-,7-,8-,9+/m1/s1. The Morgan fingerprint density at radius 3 is 2.71 bits per heavy atom. The van der Waals surface area contributed by atoms with Crippen LogP contribution in [0.4, 0.5) is 0 Å². The minimum absolute atomic E-state index is 0.0759. The second kappa shape index (κ2) is 5.70. The first-order valence-corrected chi connectivity index (χ1v) is 6.17. The summed E-state index contributed by atoms with van der Waals surface area (Å²) in [5.41, 5.74) is 7.54. The van der Waals surface area contributed by atoms with Gasteiger partial charge >= 0.3 is 5.69 Å². The zero-order chi connectivity index (χ0) is 15.7. The van der Waals surface area contributed by atoms with Gasteiger partial charge in [0.25, 0.3) is 5.56 Å². The molecular formula is C11H15N5O5. The third-order valence-corrected chi connectivity index (χ3v) is 3.51. The molecule has 0 bridgehead atoms. The number of aliphatic hydroxyl groups is 2. The Labute approximate surface area is 118 Å². The molecule has 10 heteroatoms. The number of aromatic nitrogens is 2. The first-order chi connectivity index (χ1) is 9.92. The zero-order valence-electron chi connectivity index (χ0n) is 11.4. The van der Waals surface area contributed by atoms with E-state index in [1.807, 2.05) is 0 Å². The fourth-order valence-electron chi connectivity index (χ4n) is 2.38. The second-order valence-corrected chi connectivity index (χ2v) is 4.81. The lowest BCUT2D eigenvalue weighted by Gasteiger charge is -2.16. The highest BCUT2D eigenvalue weighted by Crippen LogP contribution is 2.34. The maximum absolute atomic E-state index is 12.2. The van der Waals surface area contributed by atoms with Crippen molar-refractivity contribution in [2.24, 2.45) is 19.2 Å². The van der Waals surface area contributed by atoms with Gasteiger partial charge in [0.15, 0.2) is 0 Å². The molecule has 1 aliphatic heterocycles. The molecule has 1 aromatic rings. The SMILES string of the molecule is Cn1cc([C@@H]2O[C@H](CO)[C@@H](O)[C@H]2N=[N+]=[N-])c(=O)n(C)c1=O. The maximum Gasteiger partial charge on any atom is 0.330 e. The highest BCUT2D eigenvalue weighted by molar-refractivity contribution is 5.16. The number of rotatable bonds is 3. The lowest BCUT2D eigenvalue weighted by molar-refractivity contribution is -0.0231. The van der Waals surface area contributed by atoms with Gasteiger partial charge in [-0.1, -0.05) is 5.11 Å². The fraction of sp³-hybridized carbons (Fsp3) is 0.636. The van der Waals surface area contributed by atoms with Gasteiger partial charge in [-0.3, -0.25) is 9.36 Å². The van der Waals surface area contributed by atoms with E-state index >= 15 is 0 Å². The molecule has 2 heterocycles. The molecular weight excluding hydrogens is 282 g/mol. The average molecular weight is 297 g/mol. The molecule has 114 valence electrons. The van der Waals surface area contributed by atoms with Crippen molar-refractivity contribution in [3.05, 3.63) is 43.0 Å². The highest BCUT2D eigenvalue weighted by atomic mass is 16.5. The monoisotopic (exact) mass is 297 g/mol. The third-order valence-electron chi connectivity index (χ3n) is 3.51. The van der Waals surface area contributed by atoms with E-state index in [1.54, 1.807) is 0 Å². The molecule has 1 aliphatic rings. The van der Waals surface area contributed by atoms with E-state index in [9.17, 15) is 14.7 Å². The van der Waals surface area contributed by atoms with Crippen molar-refractivity contribution in [1.82, 2.24) is 9.13 Å². The minimum Gasteiger partial charge on any atom is -0.394 e. The van der Waals surface area contributed by atoms with Crippen molar-refractivity contribution in [3.8, 4) is 0 Å². The molecule has 21 heavy (non-hydrogen) atoms. The van der Waals surface area contributed by atoms with Crippen LogP contribution in [0.1, 0.15) is 11.7 Å². The molecule has 4 atom stereocenters. The number of azide groups is 1. The molecule has 10 nitrogen and oxygen atoms in total. The molecule has 0 aliphatic carbocycles. The summed E-state index contributed by atoms with van der Waals surface area (Å²) in [5, 5.41) is 22.6. The zero-order valence-corrected chi connectivity index (χ0v) is 11.4. The van der Waals surface area contributed by atoms with Crippen molar-refractivity contribution in [2.75, 3.05) is 6.61 Å². The molecule has 0 radical (unpaired) electrons. The van der Waals surface area contributed by atoms with Crippen LogP contribution in [0.25, 0.3) is 10.4 Å². The molecule has 0 aromatic carbocycles. The molecule has 2 rings (SSSR count). The van der Waals surface area contributed by atoms with Gasteiger partial charge in [0.1, 0.15) is 12.2 Å². The first-order valence-electron chi connectivity index (χ1n) is 6.17. The van der Waals surface area contributed by atoms with Gasteiger partial charge in [0.2, 0.25) is 0 Å². The number of nitrogens with zero attached hydrogens (tertiary/aromatic N) is 5. The average Bonchev–Trinajstić information content (AvgIpc) is 2.78. The molecule has 1 aromatic heterocycles. The summed E-state index contributed by atoms with van der Waals surface area (Å²) in [5.74, 6) is 0. The number of aliphatic hydroxyl groups excluding tert-OH is 2. The Bertz CT molecular complexity index is 704. The van der Waals surface area contributed by atoms with Gasteiger partial charge in [0.05, 0.1) is 24.3 Å². The third kappa shape index (κ3) is 2.45. The number of hydrogen-bond donors (Lipinski definition) is 2. The summed E-state index contributed by atoms with van der Waals surface area (Å²) >= 11 is 0. The van der Waals surface area contributed by atoms with E-state index in [2.05, 4.69) is 10.0 Å². The van der Waals surface area contributed by atoms with E-state index in [0.29, 0.717) is 0 Å². The Balaban J connectivity index is 2.57. The maximum atomic E-state index is 12.2. The normalized spacial score (nSPS) is 28.4. The van der Waals surface area contributed by atoms with Crippen molar-refractivity contribution in [1.29, 1.82) is 0 Å². The van der Waals surface area contributed by atoms with E-state index in [0.717, 1.165) is 4.57 Å². The van der Waals surface area contributed by atoms with Crippen LogP contribution in [0.5, 0.6) is 0 Å². The van der Waals surface area contributed by atoms with E-state index in [4.69, 9.17) is 15.4 Å². The lowest BCUT2D eigenvalue weighted by atomic mass is 10.0. The molecule has 2 N–H and O–H groups in total. The van der Waals surface area contributed by atoms with E-state index < -0.39 is 42.2 Å². The van der Waals surface area contributed by atoms with Crippen LogP contribution < -0.4 is 11.2 Å². The second-order valence-electron chi connectivity index (χ2n) is 4.81. The molecule has 1 fully saturated rings. The van der Waals surface area contributed by atoms with Crippen LogP contribution in [0.3, 0.4) is 0 Å². The minimum atomic E-state index is -1.24. The Hall–Kier alpha value is -2.13. The molecule has 0 amide bonds. The molecule has 0 saturated carbocycles. The predicted molar refractivity (Wildman–Crippen MR) is 70.6 cm³/mol. The Morgan fingerprint density at radius 1 is 1.48 bits per heavy atom. The van der Waals surface area contributed by atoms with E-state index in [1.165, 1.54) is 24.9 Å². The number of ether oxygens (including phenoxy) is 1. The summed E-state index contributed by atoms with van der Waals surface area (Å²) in [6.07, 6.45) is -1.95. The van der Waals surface area contributed by atoms with Crippen molar-refractivity contribution < 1.29 is 14.9 Å². The molecule has 0 spiro atoms. The fourth-order valence-corrected chi connectivity index (χ4v) is 2.38. The van der Waals surface area contributed by atoms with Gasteiger partial charge in [-0.25, -0.2) is 4.79 Å². The van der Waals surface area contributed by atoms with Gasteiger partial charge in [-0.2, -0.15) is 0 Å². The van der Waals surface area contributed by atoms with E-state index in [-0.39, 0.29) is 5.56 Å². The summed E-state index contributed by atoms with van der Waals surface area (Å²) < 4.78 is 7.49. The summed E-state index contributed by atoms with van der Waals surface area (Å²) in [7, 11) is 2.77. The summed E-state index contributed by atoms with van der Waals surface area (Å²) in [4.78, 5) is 26.5. The van der Waals surface area contributed by atoms with Crippen LogP contribution in [0.15, 0.2) is 20.9 Å². The lowest BCUT2D eigenvalue weighted by Crippen LogP contribution is -2.40. The Morgan fingerprint density at radius 2 is 2.14 bits per heavy atom. The van der Waals surface area contributed by atoms with Gasteiger partial charge < -0.3 is 19.5 Å². The largest absolute Gasteiger partial charge is 0.394 e. The summed E-state index contributed by atoms with van der Waals surface area (Å²) in [6.45, 7) is -0.485. The molecule has 0 unspecified atom stereocenters. The quantitative estimate of drug-likeness (QED) is 0.399. The van der Waals surface area contributed by atoms with Crippen LogP contribution in [0.2, 0.25) is 0 Å². The van der Waals surface area contributed by atoms with Crippen molar-refractivity contribution in [3.63, 3.8) is 0 Å². The van der Waals surface area contributed by atoms with Gasteiger partial charge in [-0.15, -0.1) is 0 Å². The smallest absolute Gasteiger partial charge is 0.330 e. The topological polar surface area (TPSA) is 142 Å². The summed E-state index contributed by atoms with van der Waals surface area (Å²) in [6, 6.07) is -1.06. The number of aryl methyl sites for hydroxylation is 1. The first kappa shape index (κ1) is 15.3. The van der Waals surface area contributed by atoms with Crippen molar-refractivity contribution in [2.45, 2.75) is 24.4 Å². The van der Waals surface area contributed by atoms with Gasteiger partial charge in [-0.05, 0) is 5.53 Å². The predicted octanol–water partition coefficient (Wildman–Crippen LogP) is -1.44. The Kier molecular flexibility index (Phi) is 4.14.